The van der Waals surface area contributed by atoms with Gasteiger partial charge in [-0.3, -0.25) is 9.78 Å². The zero-order valence-corrected chi connectivity index (χ0v) is 15.6. The quantitative estimate of drug-likeness (QED) is 0.432. The predicted molar refractivity (Wildman–Crippen MR) is 115 cm³/mol. The van der Waals surface area contributed by atoms with Crippen molar-refractivity contribution in [2.75, 3.05) is 5.32 Å². The Morgan fingerprint density at radius 2 is 1.79 bits per heavy atom. The smallest absolute Gasteiger partial charge is 0.255 e. The number of fused-ring (bicyclic) bond motifs is 2. The van der Waals surface area contributed by atoms with Crippen LogP contribution in [0.2, 0.25) is 0 Å². The Balaban J connectivity index is 1.43. The molecule has 5 heteroatoms. The topological polar surface area (TPSA) is 54.9 Å². The number of anilines is 1. The van der Waals surface area contributed by atoms with Crippen LogP contribution in [0.25, 0.3) is 31.6 Å². The summed E-state index contributed by atoms with van der Waals surface area (Å²) in [5.74, 6) is -0.128. The first kappa shape index (κ1) is 16.6. The van der Waals surface area contributed by atoms with Crippen molar-refractivity contribution in [1.82, 2.24) is 9.97 Å². The van der Waals surface area contributed by atoms with Crippen LogP contribution in [-0.2, 0) is 0 Å². The number of pyridine rings is 1. The third kappa shape index (κ3) is 3.12. The van der Waals surface area contributed by atoms with Crippen molar-refractivity contribution in [3.8, 4) is 10.6 Å². The van der Waals surface area contributed by atoms with Crippen molar-refractivity contribution in [3.05, 3.63) is 90.8 Å². The summed E-state index contributed by atoms with van der Waals surface area (Å²) in [4.78, 5) is 21.5. The first-order valence-electron chi connectivity index (χ1n) is 8.87. The fourth-order valence-corrected chi connectivity index (χ4v) is 4.10. The average Bonchev–Trinajstić information content (AvgIpc) is 3.18. The first-order chi connectivity index (χ1) is 13.8. The van der Waals surface area contributed by atoms with Gasteiger partial charge in [0.25, 0.3) is 5.91 Å². The molecule has 0 fully saturated rings. The molecule has 0 bridgehead atoms. The molecule has 2 heterocycles. The lowest BCUT2D eigenvalue weighted by Gasteiger charge is -2.07. The van der Waals surface area contributed by atoms with Crippen LogP contribution in [0.5, 0.6) is 0 Å². The van der Waals surface area contributed by atoms with Crippen LogP contribution in [0.15, 0.2) is 85.2 Å². The van der Waals surface area contributed by atoms with Gasteiger partial charge in [-0.25, -0.2) is 4.98 Å². The summed E-state index contributed by atoms with van der Waals surface area (Å²) in [5.41, 5.74) is 3.28. The van der Waals surface area contributed by atoms with Crippen LogP contribution in [0.1, 0.15) is 10.4 Å². The van der Waals surface area contributed by atoms with E-state index in [1.807, 2.05) is 79.0 Å². The number of nitrogens with one attached hydrogen (secondary N) is 1. The van der Waals surface area contributed by atoms with E-state index < -0.39 is 0 Å². The molecule has 3 aromatic carbocycles. The number of hydrogen-bond acceptors (Lipinski definition) is 4. The van der Waals surface area contributed by atoms with Crippen molar-refractivity contribution >= 4 is 43.9 Å². The minimum Gasteiger partial charge on any atom is -0.322 e. The standard InChI is InChI=1S/C23H15N3OS/c27-22(17-9-8-15-4-1-2-5-16(15)12-17)25-19-7-3-6-18(13-19)23-26-20-10-11-24-14-21(20)28-23/h1-14H,(H,25,27). The molecule has 1 N–H and O–H groups in total. The molecule has 0 aliphatic rings. The monoisotopic (exact) mass is 381 g/mol. The highest BCUT2D eigenvalue weighted by Gasteiger charge is 2.10. The van der Waals surface area contributed by atoms with Crippen LogP contribution < -0.4 is 5.32 Å². The highest BCUT2D eigenvalue weighted by atomic mass is 32.1. The number of aromatic nitrogens is 2. The summed E-state index contributed by atoms with van der Waals surface area (Å²) in [5, 5.41) is 6.06. The van der Waals surface area contributed by atoms with Crippen molar-refractivity contribution in [3.63, 3.8) is 0 Å². The molecule has 1 amide bonds. The van der Waals surface area contributed by atoms with E-state index in [1.54, 1.807) is 17.5 Å². The van der Waals surface area contributed by atoms with E-state index in [1.165, 1.54) is 0 Å². The fraction of sp³-hybridized carbons (Fsp3) is 0. The lowest BCUT2D eigenvalue weighted by Crippen LogP contribution is -2.11. The normalized spacial score (nSPS) is 11.0. The van der Waals surface area contributed by atoms with Crippen molar-refractivity contribution < 1.29 is 4.79 Å². The lowest BCUT2D eigenvalue weighted by molar-refractivity contribution is 0.102. The maximum absolute atomic E-state index is 12.7. The van der Waals surface area contributed by atoms with Crippen LogP contribution in [-0.4, -0.2) is 15.9 Å². The van der Waals surface area contributed by atoms with E-state index in [9.17, 15) is 4.79 Å². The number of amides is 1. The number of rotatable bonds is 3. The van der Waals surface area contributed by atoms with Gasteiger partial charge in [-0.15, -0.1) is 11.3 Å². The molecule has 0 unspecified atom stereocenters. The Morgan fingerprint density at radius 1 is 0.893 bits per heavy atom. The summed E-state index contributed by atoms with van der Waals surface area (Å²) in [6, 6.07) is 23.4. The number of thiazole rings is 1. The second-order valence-corrected chi connectivity index (χ2v) is 7.49. The van der Waals surface area contributed by atoms with Crippen molar-refractivity contribution in [1.29, 1.82) is 0 Å². The van der Waals surface area contributed by atoms with Crippen molar-refractivity contribution in [2.24, 2.45) is 0 Å². The zero-order valence-electron chi connectivity index (χ0n) is 14.8. The number of benzene rings is 3. The van der Waals surface area contributed by atoms with Gasteiger partial charge in [0.15, 0.2) is 0 Å². The van der Waals surface area contributed by atoms with Gasteiger partial charge in [-0.05, 0) is 41.1 Å². The molecule has 0 spiro atoms. The molecule has 4 nitrogen and oxygen atoms in total. The molecular weight excluding hydrogens is 366 g/mol. The van der Waals surface area contributed by atoms with E-state index in [-0.39, 0.29) is 5.91 Å². The second-order valence-electron chi connectivity index (χ2n) is 6.46. The highest BCUT2D eigenvalue weighted by molar-refractivity contribution is 7.21. The molecule has 0 saturated heterocycles. The van der Waals surface area contributed by atoms with E-state index in [0.717, 1.165) is 37.2 Å². The Kier molecular flexibility index (Phi) is 4.07. The van der Waals surface area contributed by atoms with Crippen LogP contribution in [0.3, 0.4) is 0 Å². The van der Waals surface area contributed by atoms with Gasteiger partial charge in [0.2, 0.25) is 0 Å². The van der Waals surface area contributed by atoms with Gasteiger partial charge in [0.05, 0.1) is 10.2 Å². The summed E-state index contributed by atoms with van der Waals surface area (Å²) >= 11 is 1.59. The zero-order chi connectivity index (χ0) is 18.9. The number of hydrogen-bond donors (Lipinski definition) is 1. The van der Waals surface area contributed by atoms with Crippen LogP contribution >= 0.6 is 11.3 Å². The number of carbonyl (C=O) groups is 1. The lowest BCUT2D eigenvalue weighted by atomic mass is 10.1. The minimum absolute atomic E-state index is 0.128. The fourth-order valence-electron chi connectivity index (χ4n) is 3.17. The maximum atomic E-state index is 12.7. The Hall–Kier alpha value is -3.57. The molecule has 0 radical (unpaired) electrons. The van der Waals surface area contributed by atoms with Gasteiger partial charge in [0.1, 0.15) is 5.01 Å². The van der Waals surface area contributed by atoms with Crippen molar-refractivity contribution in [2.45, 2.75) is 0 Å². The van der Waals surface area contributed by atoms with Gasteiger partial charge in [-0.1, -0.05) is 42.5 Å². The molecule has 0 saturated carbocycles. The summed E-state index contributed by atoms with van der Waals surface area (Å²) < 4.78 is 1.04. The SMILES string of the molecule is O=C(Nc1cccc(-c2nc3ccncc3s2)c1)c1ccc2ccccc2c1. The molecular formula is C23H15N3OS. The summed E-state index contributed by atoms with van der Waals surface area (Å²) in [6.07, 6.45) is 3.56. The molecule has 0 atom stereocenters. The highest BCUT2D eigenvalue weighted by Crippen LogP contribution is 2.31. The second kappa shape index (κ2) is 6.87. The van der Waals surface area contributed by atoms with Crippen LogP contribution in [0, 0.1) is 0 Å². The van der Waals surface area contributed by atoms with E-state index in [2.05, 4.69) is 15.3 Å². The molecule has 2 aromatic heterocycles. The van der Waals surface area contributed by atoms with E-state index in [0.29, 0.717) is 5.56 Å². The number of nitrogens with zero attached hydrogens (tertiary/aromatic N) is 2. The minimum atomic E-state index is -0.128. The average molecular weight is 381 g/mol. The summed E-state index contributed by atoms with van der Waals surface area (Å²) in [7, 11) is 0. The van der Waals surface area contributed by atoms with Gasteiger partial charge in [0, 0.05) is 29.2 Å². The van der Waals surface area contributed by atoms with Crippen LogP contribution in [0.4, 0.5) is 5.69 Å². The molecule has 0 aliphatic carbocycles. The summed E-state index contributed by atoms with van der Waals surface area (Å²) in [6.45, 7) is 0. The number of carbonyl (C=O) groups excluding carboxylic acids is 1. The predicted octanol–water partition coefficient (Wildman–Crippen LogP) is 5.76. The molecule has 5 rings (SSSR count). The largest absolute Gasteiger partial charge is 0.322 e. The van der Waals surface area contributed by atoms with Gasteiger partial charge >= 0.3 is 0 Å². The van der Waals surface area contributed by atoms with Gasteiger partial charge < -0.3 is 5.32 Å². The third-order valence-corrected chi connectivity index (χ3v) is 5.63. The molecule has 28 heavy (non-hydrogen) atoms. The Morgan fingerprint density at radius 3 is 2.68 bits per heavy atom. The van der Waals surface area contributed by atoms with E-state index >= 15 is 0 Å². The molecule has 5 aromatic rings. The molecule has 134 valence electrons. The first-order valence-corrected chi connectivity index (χ1v) is 9.69. The Labute approximate surface area is 165 Å². The Bertz CT molecular complexity index is 1290. The molecule has 0 aliphatic heterocycles. The van der Waals surface area contributed by atoms with E-state index in [4.69, 9.17) is 0 Å². The maximum Gasteiger partial charge on any atom is 0.255 e. The third-order valence-electron chi connectivity index (χ3n) is 4.57. The van der Waals surface area contributed by atoms with Gasteiger partial charge in [-0.2, -0.15) is 0 Å².